The van der Waals surface area contributed by atoms with Crippen molar-refractivity contribution >= 4 is 11.6 Å². The zero-order valence-corrected chi connectivity index (χ0v) is 7.66. The average molecular weight is 174 g/mol. The summed E-state index contributed by atoms with van der Waals surface area (Å²) in [6.07, 6.45) is 3.56. The molecule has 0 atom stereocenters. The average Bonchev–Trinajstić information content (AvgIpc) is 2.29. The molecule has 2 rings (SSSR count). The van der Waals surface area contributed by atoms with Gasteiger partial charge in [0.1, 0.15) is 0 Å². The lowest BCUT2D eigenvalue weighted by Gasteiger charge is -2.16. The minimum atomic E-state index is 0.102. The molecule has 0 unspecified atom stereocenters. The Hall–Kier alpha value is -1.31. The van der Waals surface area contributed by atoms with E-state index in [4.69, 9.17) is 0 Å². The van der Waals surface area contributed by atoms with Gasteiger partial charge in [0, 0.05) is 12.7 Å². The molecule has 0 saturated carbocycles. The monoisotopic (exact) mass is 174 g/mol. The van der Waals surface area contributed by atoms with E-state index in [1.807, 2.05) is 25.2 Å². The predicted molar refractivity (Wildman–Crippen MR) is 52.5 cm³/mol. The van der Waals surface area contributed by atoms with Gasteiger partial charge in [-0.05, 0) is 24.5 Å². The van der Waals surface area contributed by atoms with E-state index in [1.165, 1.54) is 5.56 Å². The Bertz CT molecular complexity index is 333. The van der Waals surface area contributed by atoms with Gasteiger partial charge in [0.05, 0.1) is 6.42 Å². The van der Waals surface area contributed by atoms with Crippen molar-refractivity contribution in [2.75, 3.05) is 11.9 Å². The minimum Gasteiger partial charge on any atom is -0.315 e. The summed E-state index contributed by atoms with van der Waals surface area (Å²) >= 11 is 0. The maximum absolute atomic E-state index is 11.4. The third-order valence-corrected chi connectivity index (χ3v) is 2.42. The summed E-state index contributed by atoms with van der Waals surface area (Å²) in [5, 5.41) is 0. The van der Waals surface area contributed by atoms with Crippen LogP contribution in [0, 0.1) is 6.42 Å². The third-order valence-electron chi connectivity index (χ3n) is 2.42. The van der Waals surface area contributed by atoms with Gasteiger partial charge in [-0.3, -0.25) is 4.79 Å². The molecular weight excluding hydrogens is 162 g/mol. The van der Waals surface area contributed by atoms with Crippen LogP contribution in [0.1, 0.15) is 12.0 Å². The number of hydrogen-bond acceptors (Lipinski definition) is 1. The largest absolute Gasteiger partial charge is 0.315 e. The van der Waals surface area contributed by atoms with Crippen molar-refractivity contribution in [1.29, 1.82) is 0 Å². The summed E-state index contributed by atoms with van der Waals surface area (Å²) in [5.74, 6) is 0.102. The van der Waals surface area contributed by atoms with Crippen LogP contribution in [0.4, 0.5) is 5.69 Å². The molecular formula is C11H12NO. The van der Waals surface area contributed by atoms with Crippen LogP contribution in [0.2, 0.25) is 0 Å². The highest BCUT2D eigenvalue weighted by Crippen LogP contribution is 2.24. The number of nitrogens with zero attached hydrogens (tertiary/aromatic N) is 1. The zero-order chi connectivity index (χ0) is 9.26. The molecule has 1 aliphatic heterocycles. The first kappa shape index (κ1) is 8.30. The Kier molecular flexibility index (Phi) is 2.05. The molecule has 1 heterocycles. The van der Waals surface area contributed by atoms with Crippen molar-refractivity contribution in [2.24, 2.45) is 0 Å². The van der Waals surface area contributed by atoms with Crippen molar-refractivity contribution in [3.05, 3.63) is 36.2 Å². The number of benzene rings is 1. The van der Waals surface area contributed by atoms with Gasteiger partial charge >= 0.3 is 0 Å². The van der Waals surface area contributed by atoms with Gasteiger partial charge in [0.25, 0.3) is 0 Å². The fourth-order valence-corrected chi connectivity index (χ4v) is 1.66. The Morgan fingerprint density at radius 3 is 2.92 bits per heavy atom. The zero-order valence-electron chi connectivity index (χ0n) is 7.66. The number of carbonyl (C=O) groups is 1. The maximum Gasteiger partial charge on any atom is 0.230 e. The lowest BCUT2D eigenvalue weighted by molar-refractivity contribution is -0.115. The van der Waals surface area contributed by atoms with Crippen LogP contribution in [-0.4, -0.2) is 13.0 Å². The summed E-state index contributed by atoms with van der Waals surface area (Å²) in [6, 6.07) is 8.06. The highest BCUT2D eigenvalue weighted by Gasteiger charge is 2.17. The summed E-state index contributed by atoms with van der Waals surface area (Å²) in [5.41, 5.74) is 2.30. The van der Waals surface area contributed by atoms with Gasteiger partial charge in [-0.1, -0.05) is 18.2 Å². The standard InChI is InChI=1S/C11H12NO/c1-12-10-7-3-2-5-9(10)6-4-8-11(12)13/h2-3,5,7-8H,4,6H2,1H3. The predicted octanol–water partition coefficient (Wildman–Crippen LogP) is 1.80. The Balaban J connectivity index is 2.46. The first-order valence-corrected chi connectivity index (χ1v) is 4.48. The van der Waals surface area contributed by atoms with Gasteiger partial charge in [-0.15, -0.1) is 0 Å². The van der Waals surface area contributed by atoms with Gasteiger partial charge in [0.15, 0.2) is 0 Å². The van der Waals surface area contributed by atoms with Gasteiger partial charge in [-0.25, -0.2) is 0 Å². The van der Waals surface area contributed by atoms with E-state index in [0.29, 0.717) is 0 Å². The molecule has 1 amide bonds. The van der Waals surface area contributed by atoms with Crippen molar-refractivity contribution in [3.8, 4) is 0 Å². The first-order chi connectivity index (χ1) is 6.29. The fourth-order valence-electron chi connectivity index (χ4n) is 1.66. The highest BCUT2D eigenvalue weighted by atomic mass is 16.2. The van der Waals surface area contributed by atoms with Crippen LogP contribution in [0.3, 0.4) is 0 Å². The molecule has 0 aromatic heterocycles. The van der Waals surface area contributed by atoms with Crippen LogP contribution in [-0.2, 0) is 11.2 Å². The Morgan fingerprint density at radius 1 is 1.31 bits per heavy atom. The molecule has 0 N–H and O–H groups in total. The molecule has 0 bridgehead atoms. The van der Waals surface area contributed by atoms with E-state index in [-0.39, 0.29) is 5.91 Å². The summed E-state index contributed by atoms with van der Waals surface area (Å²) in [6.45, 7) is 0. The molecule has 1 aromatic carbocycles. The fraction of sp³-hybridized carbons (Fsp3) is 0.273. The van der Waals surface area contributed by atoms with E-state index < -0.39 is 0 Å². The van der Waals surface area contributed by atoms with Crippen molar-refractivity contribution in [2.45, 2.75) is 12.8 Å². The number of anilines is 1. The third kappa shape index (κ3) is 1.44. The van der Waals surface area contributed by atoms with Crippen LogP contribution in [0.5, 0.6) is 0 Å². The summed E-state index contributed by atoms with van der Waals surface area (Å²) < 4.78 is 0. The van der Waals surface area contributed by atoms with E-state index in [2.05, 4.69) is 6.07 Å². The molecule has 0 spiro atoms. The molecule has 13 heavy (non-hydrogen) atoms. The SMILES string of the molecule is CN1C(=O)[CH]CCc2ccccc21. The van der Waals surface area contributed by atoms with Gasteiger partial charge in [-0.2, -0.15) is 0 Å². The van der Waals surface area contributed by atoms with Crippen molar-refractivity contribution in [3.63, 3.8) is 0 Å². The summed E-state index contributed by atoms with van der Waals surface area (Å²) in [4.78, 5) is 13.2. The van der Waals surface area contributed by atoms with Crippen LogP contribution in [0.25, 0.3) is 0 Å². The molecule has 0 saturated heterocycles. The second-order valence-corrected chi connectivity index (χ2v) is 3.27. The molecule has 1 aromatic rings. The number of aryl methyl sites for hydroxylation is 1. The topological polar surface area (TPSA) is 20.3 Å². The second-order valence-electron chi connectivity index (χ2n) is 3.27. The van der Waals surface area contributed by atoms with Gasteiger partial charge in [0.2, 0.25) is 5.91 Å². The number of amides is 1. The molecule has 2 heteroatoms. The molecule has 0 aliphatic carbocycles. The number of carbonyl (C=O) groups excluding carboxylic acids is 1. The normalized spacial score (nSPS) is 16.7. The quantitative estimate of drug-likeness (QED) is 0.587. The van der Waals surface area contributed by atoms with Crippen LogP contribution in [0.15, 0.2) is 24.3 Å². The van der Waals surface area contributed by atoms with E-state index in [0.717, 1.165) is 18.5 Å². The molecule has 0 fully saturated rings. The van der Waals surface area contributed by atoms with Crippen LogP contribution < -0.4 is 4.90 Å². The first-order valence-electron chi connectivity index (χ1n) is 4.48. The summed E-state index contributed by atoms with van der Waals surface area (Å²) in [7, 11) is 1.82. The van der Waals surface area contributed by atoms with Crippen molar-refractivity contribution < 1.29 is 4.79 Å². The smallest absolute Gasteiger partial charge is 0.230 e. The number of rotatable bonds is 0. The Morgan fingerprint density at radius 2 is 2.08 bits per heavy atom. The molecule has 1 radical (unpaired) electrons. The van der Waals surface area contributed by atoms with Crippen molar-refractivity contribution in [1.82, 2.24) is 0 Å². The highest BCUT2D eigenvalue weighted by molar-refractivity contribution is 6.00. The van der Waals surface area contributed by atoms with E-state index in [1.54, 1.807) is 11.3 Å². The minimum absolute atomic E-state index is 0.102. The molecule has 67 valence electrons. The number of para-hydroxylation sites is 1. The molecule has 1 aliphatic rings. The van der Waals surface area contributed by atoms with E-state index in [9.17, 15) is 4.79 Å². The van der Waals surface area contributed by atoms with E-state index >= 15 is 0 Å². The number of hydrogen-bond donors (Lipinski definition) is 0. The lowest BCUT2D eigenvalue weighted by atomic mass is 10.1. The lowest BCUT2D eigenvalue weighted by Crippen LogP contribution is -2.25. The Labute approximate surface area is 78.2 Å². The number of fused-ring (bicyclic) bond motifs is 1. The second kappa shape index (κ2) is 3.21. The molecule has 2 nitrogen and oxygen atoms in total. The maximum atomic E-state index is 11.4. The van der Waals surface area contributed by atoms with Gasteiger partial charge < -0.3 is 4.90 Å². The van der Waals surface area contributed by atoms with Crippen LogP contribution >= 0.6 is 0 Å².